The van der Waals surface area contributed by atoms with Crippen molar-refractivity contribution in [3.63, 3.8) is 0 Å². The van der Waals surface area contributed by atoms with Crippen LogP contribution in [-0.4, -0.2) is 31.6 Å². The van der Waals surface area contributed by atoms with Crippen molar-refractivity contribution in [2.24, 2.45) is 5.92 Å². The zero-order valence-corrected chi connectivity index (χ0v) is 11.2. The molecule has 96 valence electrons. The summed E-state index contributed by atoms with van der Waals surface area (Å²) in [6, 6.07) is 0.590. The van der Waals surface area contributed by atoms with Gasteiger partial charge in [-0.3, -0.25) is 0 Å². The van der Waals surface area contributed by atoms with E-state index in [1.54, 1.807) is 0 Å². The second-order valence-corrected chi connectivity index (χ2v) is 5.41. The molecule has 0 aromatic heterocycles. The molecule has 1 aliphatic rings. The van der Waals surface area contributed by atoms with Gasteiger partial charge in [-0.05, 0) is 32.6 Å². The molecule has 0 aromatic carbocycles. The number of hydrogen-bond donors (Lipinski definition) is 1. The van der Waals surface area contributed by atoms with Gasteiger partial charge in [0.05, 0.1) is 13.2 Å². The average molecular weight is 229 g/mol. The second kappa shape index (κ2) is 6.58. The molecule has 1 atom stereocenters. The third-order valence-corrected chi connectivity index (χ3v) is 3.15. The van der Waals surface area contributed by atoms with Crippen LogP contribution in [0.3, 0.4) is 0 Å². The zero-order chi connectivity index (χ0) is 12.0. The van der Waals surface area contributed by atoms with E-state index < -0.39 is 0 Å². The molecule has 1 aliphatic heterocycles. The molecule has 3 heteroatoms. The van der Waals surface area contributed by atoms with Crippen LogP contribution in [0.15, 0.2) is 0 Å². The van der Waals surface area contributed by atoms with Gasteiger partial charge in [-0.1, -0.05) is 13.8 Å². The van der Waals surface area contributed by atoms with E-state index in [4.69, 9.17) is 9.47 Å². The summed E-state index contributed by atoms with van der Waals surface area (Å²) in [4.78, 5) is 0. The van der Waals surface area contributed by atoms with Crippen LogP contribution in [-0.2, 0) is 9.47 Å². The van der Waals surface area contributed by atoms with Crippen LogP contribution >= 0.6 is 0 Å². The van der Waals surface area contributed by atoms with E-state index in [0.717, 1.165) is 32.1 Å². The van der Waals surface area contributed by atoms with Crippen LogP contribution in [0.25, 0.3) is 0 Å². The van der Waals surface area contributed by atoms with Crippen LogP contribution in [0.5, 0.6) is 0 Å². The van der Waals surface area contributed by atoms with Crippen molar-refractivity contribution >= 4 is 0 Å². The molecule has 0 aromatic rings. The smallest absolute Gasteiger partial charge is 0.166 e. The largest absolute Gasteiger partial charge is 0.348 e. The van der Waals surface area contributed by atoms with Crippen molar-refractivity contribution in [2.45, 2.75) is 58.8 Å². The molecule has 16 heavy (non-hydrogen) atoms. The van der Waals surface area contributed by atoms with Crippen LogP contribution in [0.4, 0.5) is 0 Å². The third kappa shape index (κ3) is 5.28. The average Bonchev–Trinajstić information content (AvgIpc) is 2.62. The standard InChI is InChI=1S/C13H27NO2/c1-11(2)5-6-12(3)14-8-7-13(4)15-9-10-16-13/h11-12,14H,5-10H2,1-4H3. The highest BCUT2D eigenvalue weighted by atomic mass is 16.7. The molecule has 1 saturated heterocycles. The highest BCUT2D eigenvalue weighted by Gasteiger charge is 2.30. The van der Waals surface area contributed by atoms with E-state index in [9.17, 15) is 0 Å². The molecule has 0 radical (unpaired) electrons. The Kier molecular flexibility index (Phi) is 5.73. The van der Waals surface area contributed by atoms with Crippen molar-refractivity contribution in [1.82, 2.24) is 5.32 Å². The first-order chi connectivity index (χ1) is 7.52. The molecule has 0 amide bonds. The maximum Gasteiger partial charge on any atom is 0.166 e. The van der Waals surface area contributed by atoms with E-state index in [1.165, 1.54) is 12.8 Å². The van der Waals surface area contributed by atoms with Gasteiger partial charge in [0.25, 0.3) is 0 Å². The summed E-state index contributed by atoms with van der Waals surface area (Å²) in [6.07, 6.45) is 3.47. The minimum atomic E-state index is -0.342. The highest BCUT2D eigenvalue weighted by molar-refractivity contribution is 4.71. The van der Waals surface area contributed by atoms with Crippen molar-refractivity contribution in [3.05, 3.63) is 0 Å². The molecule has 1 unspecified atom stereocenters. The van der Waals surface area contributed by atoms with E-state index in [2.05, 4.69) is 26.1 Å². The monoisotopic (exact) mass is 229 g/mol. The van der Waals surface area contributed by atoms with Crippen molar-refractivity contribution in [2.75, 3.05) is 19.8 Å². The Morgan fingerprint density at radius 1 is 1.12 bits per heavy atom. The Balaban J connectivity index is 2.05. The fraction of sp³-hybridized carbons (Fsp3) is 1.00. The summed E-state index contributed by atoms with van der Waals surface area (Å²) in [6.45, 7) is 11.3. The van der Waals surface area contributed by atoms with Crippen molar-refractivity contribution in [3.8, 4) is 0 Å². The van der Waals surface area contributed by atoms with Crippen LogP contribution in [0, 0.1) is 5.92 Å². The topological polar surface area (TPSA) is 30.5 Å². The SMILES string of the molecule is CC(C)CCC(C)NCCC1(C)OCCO1. The molecular weight excluding hydrogens is 202 g/mol. The summed E-state index contributed by atoms with van der Waals surface area (Å²) in [5.41, 5.74) is 0. The normalized spacial score (nSPS) is 21.6. The van der Waals surface area contributed by atoms with E-state index in [-0.39, 0.29) is 5.79 Å². The van der Waals surface area contributed by atoms with Crippen LogP contribution < -0.4 is 5.32 Å². The quantitative estimate of drug-likeness (QED) is 0.728. The first-order valence-electron chi connectivity index (χ1n) is 6.53. The minimum absolute atomic E-state index is 0.342. The number of hydrogen-bond acceptors (Lipinski definition) is 3. The highest BCUT2D eigenvalue weighted by Crippen LogP contribution is 2.21. The summed E-state index contributed by atoms with van der Waals surface area (Å²) < 4.78 is 11.1. The van der Waals surface area contributed by atoms with Gasteiger partial charge in [-0.2, -0.15) is 0 Å². The molecule has 1 rings (SSSR count). The lowest BCUT2D eigenvalue weighted by Gasteiger charge is -2.23. The Labute approximate surface area is 99.9 Å². The predicted molar refractivity (Wildman–Crippen MR) is 66.5 cm³/mol. The zero-order valence-electron chi connectivity index (χ0n) is 11.2. The van der Waals surface area contributed by atoms with Gasteiger partial charge in [0.1, 0.15) is 0 Å². The number of rotatable bonds is 7. The van der Waals surface area contributed by atoms with Gasteiger partial charge >= 0.3 is 0 Å². The Morgan fingerprint density at radius 2 is 1.75 bits per heavy atom. The fourth-order valence-corrected chi connectivity index (χ4v) is 1.93. The lowest BCUT2D eigenvalue weighted by Crippen LogP contribution is -2.34. The lowest BCUT2D eigenvalue weighted by atomic mass is 10.0. The van der Waals surface area contributed by atoms with Gasteiger partial charge in [0.2, 0.25) is 0 Å². The van der Waals surface area contributed by atoms with Gasteiger partial charge < -0.3 is 14.8 Å². The Bertz CT molecular complexity index is 188. The maximum atomic E-state index is 5.56. The molecule has 0 bridgehead atoms. The molecule has 3 nitrogen and oxygen atoms in total. The predicted octanol–water partition coefficient (Wildman–Crippen LogP) is 2.55. The van der Waals surface area contributed by atoms with Gasteiger partial charge in [0, 0.05) is 19.0 Å². The molecule has 0 aliphatic carbocycles. The van der Waals surface area contributed by atoms with Gasteiger partial charge in [-0.25, -0.2) is 0 Å². The van der Waals surface area contributed by atoms with Crippen LogP contribution in [0.1, 0.15) is 47.0 Å². The Hall–Kier alpha value is -0.120. The van der Waals surface area contributed by atoms with E-state index in [1.807, 2.05) is 6.92 Å². The molecule has 1 N–H and O–H groups in total. The first kappa shape index (κ1) is 13.9. The third-order valence-electron chi connectivity index (χ3n) is 3.15. The molecule has 1 fully saturated rings. The van der Waals surface area contributed by atoms with Crippen LogP contribution in [0.2, 0.25) is 0 Å². The maximum absolute atomic E-state index is 5.56. The van der Waals surface area contributed by atoms with Crippen molar-refractivity contribution in [1.29, 1.82) is 0 Å². The van der Waals surface area contributed by atoms with E-state index >= 15 is 0 Å². The van der Waals surface area contributed by atoms with Gasteiger partial charge in [-0.15, -0.1) is 0 Å². The Morgan fingerprint density at radius 3 is 2.31 bits per heavy atom. The molecule has 1 heterocycles. The fourth-order valence-electron chi connectivity index (χ4n) is 1.93. The summed E-state index contributed by atoms with van der Waals surface area (Å²) in [5, 5.41) is 3.53. The van der Waals surface area contributed by atoms with Crippen molar-refractivity contribution < 1.29 is 9.47 Å². The lowest BCUT2D eigenvalue weighted by molar-refractivity contribution is -0.145. The van der Waals surface area contributed by atoms with Gasteiger partial charge in [0.15, 0.2) is 5.79 Å². The summed E-state index contributed by atoms with van der Waals surface area (Å²) in [5.74, 6) is 0.452. The molecular formula is C13H27NO2. The number of nitrogens with one attached hydrogen (secondary N) is 1. The second-order valence-electron chi connectivity index (χ2n) is 5.41. The first-order valence-corrected chi connectivity index (χ1v) is 6.53. The summed E-state index contributed by atoms with van der Waals surface area (Å²) in [7, 11) is 0. The summed E-state index contributed by atoms with van der Waals surface area (Å²) >= 11 is 0. The molecule has 0 spiro atoms. The molecule has 0 saturated carbocycles. The van der Waals surface area contributed by atoms with E-state index in [0.29, 0.717) is 6.04 Å². The minimum Gasteiger partial charge on any atom is -0.348 e. The number of ether oxygens (including phenoxy) is 2.